The molecule has 0 radical (unpaired) electrons. The van der Waals surface area contributed by atoms with Gasteiger partial charge in [-0.3, -0.25) is 0 Å². The Bertz CT molecular complexity index is 395. The van der Waals surface area contributed by atoms with E-state index in [4.69, 9.17) is 1.37 Å². The summed E-state index contributed by atoms with van der Waals surface area (Å²) in [5.41, 5.74) is -0.873. The second-order valence-electron chi connectivity index (χ2n) is 3.76. The van der Waals surface area contributed by atoms with Gasteiger partial charge in [-0.2, -0.15) is 13.2 Å². The van der Waals surface area contributed by atoms with Crippen molar-refractivity contribution in [1.82, 2.24) is 4.98 Å². The lowest BCUT2D eigenvalue weighted by molar-refractivity contribution is -0.141. The molecule has 2 nitrogen and oxygen atoms in total. The minimum absolute atomic E-state index is 0.236. The van der Waals surface area contributed by atoms with Gasteiger partial charge in [0.2, 0.25) is 0 Å². The van der Waals surface area contributed by atoms with Crippen LogP contribution >= 0.6 is 0 Å². The van der Waals surface area contributed by atoms with Crippen molar-refractivity contribution in [3.63, 3.8) is 0 Å². The summed E-state index contributed by atoms with van der Waals surface area (Å²) in [6.07, 6.45) is -3.02. The fraction of sp³-hybridized carbons (Fsp3) is 0.545. The van der Waals surface area contributed by atoms with Crippen molar-refractivity contribution in [2.45, 2.75) is 25.4 Å². The summed E-state index contributed by atoms with van der Waals surface area (Å²) in [5, 5.41) is 0. The molecule has 1 saturated heterocycles. The van der Waals surface area contributed by atoms with Gasteiger partial charge in [-0.1, -0.05) is 6.07 Å². The number of piperidine rings is 1. The molecule has 5 heteroatoms. The molecule has 1 atom stereocenters. The van der Waals surface area contributed by atoms with E-state index in [1.807, 2.05) is 0 Å². The first-order valence-corrected chi connectivity index (χ1v) is 5.18. The average Bonchev–Trinajstić information content (AvgIpc) is 2.28. The van der Waals surface area contributed by atoms with Crippen molar-refractivity contribution < 1.29 is 14.5 Å². The molecule has 0 aliphatic carbocycles. The highest BCUT2D eigenvalue weighted by atomic mass is 19.4. The number of alkyl halides is 3. The van der Waals surface area contributed by atoms with Gasteiger partial charge in [0.05, 0.1) is 0 Å². The van der Waals surface area contributed by atoms with Crippen LogP contribution < -0.4 is 4.90 Å². The maximum absolute atomic E-state index is 12.5. The van der Waals surface area contributed by atoms with E-state index in [2.05, 4.69) is 4.98 Å². The van der Waals surface area contributed by atoms with Gasteiger partial charge < -0.3 is 4.90 Å². The zero-order chi connectivity index (χ0) is 12.5. The third-order valence-electron chi connectivity index (χ3n) is 2.53. The number of nitrogens with zero attached hydrogens (tertiary/aromatic N) is 2. The predicted molar refractivity (Wildman–Crippen MR) is 55.3 cm³/mol. The van der Waals surface area contributed by atoms with E-state index < -0.39 is 11.9 Å². The summed E-state index contributed by atoms with van der Waals surface area (Å²) in [5.74, 6) is 0.316. The Morgan fingerprint density at radius 3 is 2.75 bits per heavy atom. The Labute approximate surface area is 93.5 Å². The SMILES string of the molecule is [2H][C@H]1CCCN(c2cccc(C(F)(F)F)n2)C1. The van der Waals surface area contributed by atoms with Gasteiger partial charge in [-0.15, -0.1) is 0 Å². The van der Waals surface area contributed by atoms with Crippen LogP contribution in [0.1, 0.15) is 26.3 Å². The fourth-order valence-corrected chi connectivity index (χ4v) is 1.73. The Morgan fingerprint density at radius 2 is 2.06 bits per heavy atom. The van der Waals surface area contributed by atoms with Crippen molar-refractivity contribution in [3.8, 4) is 0 Å². The molecule has 0 saturated carbocycles. The maximum atomic E-state index is 12.5. The monoisotopic (exact) mass is 231 g/mol. The molecule has 1 aromatic heterocycles. The normalized spacial score (nSPS) is 23.1. The molecule has 2 rings (SSSR count). The lowest BCUT2D eigenvalue weighted by Crippen LogP contribution is -2.30. The molecule has 1 aliphatic heterocycles. The summed E-state index contributed by atoms with van der Waals surface area (Å²) in [4.78, 5) is 5.37. The standard InChI is InChI=1S/C11H13F3N2/c12-11(13,14)9-5-4-6-10(15-9)16-7-2-1-3-8-16/h4-6H,1-3,7-8H2/i2D/t2-/m0/s1. The van der Waals surface area contributed by atoms with Gasteiger partial charge in [-0.05, 0) is 31.4 Å². The van der Waals surface area contributed by atoms with Gasteiger partial charge in [0.15, 0.2) is 0 Å². The first kappa shape index (κ1) is 9.93. The van der Waals surface area contributed by atoms with Crippen molar-refractivity contribution in [2.75, 3.05) is 18.0 Å². The Kier molecular flexibility index (Phi) is 2.68. The highest BCUT2D eigenvalue weighted by Gasteiger charge is 2.32. The van der Waals surface area contributed by atoms with E-state index in [1.54, 1.807) is 11.0 Å². The lowest BCUT2D eigenvalue weighted by atomic mass is 10.1. The van der Waals surface area contributed by atoms with Crippen LogP contribution in [0.25, 0.3) is 0 Å². The molecule has 2 heterocycles. The summed E-state index contributed by atoms with van der Waals surface area (Å²) < 4.78 is 45.1. The number of anilines is 1. The minimum atomic E-state index is -4.41. The van der Waals surface area contributed by atoms with E-state index in [9.17, 15) is 13.2 Å². The first-order valence-electron chi connectivity index (χ1n) is 5.76. The van der Waals surface area contributed by atoms with E-state index in [0.29, 0.717) is 18.9 Å². The Balaban J connectivity index is 2.21. The summed E-state index contributed by atoms with van der Waals surface area (Å²) in [6, 6.07) is 3.89. The van der Waals surface area contributed by atoms with Gasteiger partial charge >= 0.3 is 6.18 Å². The van der Waals surface area contributed by atoms with Gasteiger partial charge in [0, 0.05) is 14.5 Å². The second kappa shape index (κ2) is 4.31. The zero-order valence-corrected chi connectivity index (χ0v) is 8.67. The van der Waals surface area contributed by atoms with Crippen LogP contribution in [0.3, 0.4) is 0 Å². The van der Waals surface area contributed by atoms with Crippen LogP contribution in [0.5, 0.6) is 0 Å². The van der Waals surface area contributed by atoms with Crippen molar-refractivity contribution in [1.29, 1.82) is 0 Å². The smallest absolute Gasteiger partial charge is 0.357 e. The second-order valence-corrected chi connectivity index (χ2v) is 3.76. The van der Waals surface area contributed by atoms with Crippen LogP contribution in [0.15, 0.2) is 18.2 Å². The minimum Gasteiger partial charge on any atom is -0.357 e. The van der Waals surface area contributed by atoms with E-state index >= 15 is 0 Å². The summed E-state index contributed by atoms with van der Waals surface area (Å²) >= 11 is 0. The molecule has 1 fully saturated rings. The molecule has 0 spiro atoms. The number of rotatable bonds is 1. The molecule has 16 heavy (non-hydrogen) atoms. The largest absolute Gasteiger partial charge is 0.433 e. The molecule has 88 valence electrons. The summed E-state index contributed by atoms with van der Waals surface area (Å²) in [7, 11) is 0. The van der Waals surface area contributed by atoms with Crippen LogP contribution in [0, 0.1) is 0 Å². The maximum Gasteiger partial charge on any atom is 0.433 e. The lowest BCUT2D eigenvalue weighted by Gasteiger charge is -2.28. The fourth-order valence-electron chi connectivity index (χ4n) is 1.73. The molecule has 0 bridgehead atoms. The summed E-state index contributed by atoms with van der Waals surface area (Å²) in [6.45, 7) is 1.12. The first-order chi connectivity index (χ1) is 7.97. The highest BCUT2D eigenvalue weighted by Crippen LogP contribution is 2.29. The van der Waals surface area contributed by atoms with E-state index in [-0.39, 0.29) is 6.40 Å². The van der Waals surface area contributed by atoms with Crippen molar-refractivity contribution >= 4 is 5.82 Å². The quantitative estimate of drug-likeness (QED) is 0.738. The Morgan fingerprint density at radius 1 is 1.25 bits per heavy atom. The molecule has 0 unspecified atom stereocenters. The van der Waals surface area contributed by atoms with Crippen molar-refractivity contribution in [3.05, 3.63) is 23.9 Å². The number of hydrogen-bond donors (Lipinski definition) is 0. The topological polar surface area (TPSA) is 16.1 Å². The van der Waals surface area contributed by atoms with Crippen LogP contribution in [0.4, 0.5) is 19.0 Å². The molecule has 1 aromatic rings. The number of hydrogen-bond acceptors (Lipinski definition) is 2. The highest BCUT2D eigenvalue weighted by molar-refractivity contribution is 5.40. The van der Waals surface area contributed by atoms with Crippen LogP contribution in [-0.2, 0) is 6.18 Å². The van der Waals surface area contributed by atoms with Crippen LogP contribution in [-0.4, -0.2) is 18.1 Å². The number of aromatic nitrogens is 1. The number of halogens is 3. The van der Waals surface area contributed by atoms with Crippen LogP contribution in [0.2, 0.25) is 0 Å². The van der Waals surface area contributed by atoms with E-state index in [1.165, 1.54) is 6.07 Å². The van der Waals surface area contributed by atoms with Gasteiger partial charge in [0.1, 0.15) is 11.5 Å². The average molecular weight is 231 g/mol. The van der Waals surface area contributed by atoms with Gasteiger partial charge in [0.25, 0.3) is 0 Å². The molecule has 0 N–H and O–H groups in total. The third kappa shape index (κ3) is 2.46. The third-order valence-corrected chi connectivity index (χ3v) is 2.53. The van der Waals surface area contributed by atoms with E-state index in [0.717, 1.165) is 18.9 Å². The Hall–Kier alpha value is -1.26. The van der Waals surface area contributed by atoms with Gasteiger partial charge in [-0.25, -0.2) is 4.98 Å². The molecule has 0 aromatic carbocycles. The number of pyridine rings is 1. The molecular weight excluding hydrogens is 217 g/mol. The molecular formula is C11H13F3N2. The molecule has 0 amide bonds. The van der Waals surface area contributed by atoms with Crippen molar-refractivity contribution in [2.24, 2.45) is 0 Å². The predicted octanol–water partition coefficient (Wildman–Crippen LogP) is 3.09. The zero-order valence-electron chi connectivity index (χ0n) is 9.67. The molecule has 1 aliphatic rings.